The zero-order valence-corrected chi connectivity index (χ0v) is 8.06. The molecule has 1 aliphatic rings. The summed E-state index contributed by atoms with van der Waals surface area (Å²) < 4.78 is 0. The summed E-state index contributed by atoms with van der Waals surface area (Å²) in [6, 6.07) is 0.120. The van der Waals surface area contributed by atoms with Gasteiger partial charge in [0.15, 0.2) is 0 Å². The van der Waals surface area contributed by atoms with Crippen LogP contribution in [-0.4, -0.2) is 47.6 Å². The lowest BCUT2D eigenvalue weighted by Crippen LogP contribution is -2.51. The van der Waals surface area contributed by atoms with Crippen molar-refractivity contribution in [2.75, 3.05) is 19.6 Å². The second-order valence-electron chi connectivity index (χ2n) is 3.26. The van der Waals surface area contributed by atoms with Gasteiger partial charge in [0.05, 0.1) is 0 Å². The van der Waals surface area contributed by atoms with Crippen molar-refractivity contribution in [3.8, 4) is 0 Å². The summed E-state index contributed by atoms with van der Waals surface area (Å²) in [6.07, 6.45) is 1.97. The summed E-state index contributed by atoms with van der Waals surface area (Å²) in [5.41, 5.74) is 0. The van der Waals surface area contributed by atoms with Crippen molar-refractivity contribution >= 4 is 11.9 Å². The predicted molar refractivity (Wildman–Crippen MR) is 50.8 cm³/mol. The molecule has 1 saturated heterocycles. The maximum atomic E-state index is 11.5. The van der Waals surface area contributed by atoms with E-state index in [2.05, 4.69) is 5.32 Å². The number of nitrogens with one attached hydrogen (secondary N) is 1. The van der Waals surface area contributed by atoms with Crippen molar-refractivity contribution in [1.82, 2.24) is 10.2 Å². The molecule has 0 radical (unpaired) electrons. The van der Waals surface area contributed by atoms with Gasteiger partial charge in [0.2, 0.25) is 5.91 Å². The van der Waals surface area contributed by atoms with Gasteiger partial charge in [-0.1, -0.05) is 0 Å². The highest BCUT2D eigenvalue weighted by Crippen LogP contribution is 2.03. The molecular formula is C9H14N2O3. The van der Waals surface area contributed by atoms with Crippen LogP contribution in [0.5, 0.6) is 0 Å². The fourth-order valence-corrected chi connectivity index (χ4v) is 1.41. The van der Waals surface area contributed by atoms with E-state index in [0.717, 1.165) is 25.2 Å². The van der Waals surface area contributed by atoms with E-state index in [1.807, 2.05) is 6.92 Å². The third-order valence-electron chi connectivity index (χ3n) is 2.15. The van der Waals surface area contributed by atoms with Crippen molar-refractivity contribution < 1.29 is 14.7 Å². The third-order valence-corrected chi connectivity index (χ3v) is 2.15. The van der Waals surface area contributed by atoms with Crippen LogP contribution >= 0.6 is 0 Å². The van der Waals surface area contributed by atoms with Crippen LogP contribution in [0.4, 0.5) is 0 Å². The quantitative estimate of drug-likeness (QED) is 0.584. The molecule has 1 rings (SSSR count). The normalized spacial score (nSPS) is 22.6. The molecule has 14 heavy (non-hydrogen) atoms. The molecule has 5 heteroatoms. The molecule has 1 amide bonds. The molecule has 0 aromatic rings. The summed E-state index contributed by atoms with van der Waals surface area (Å²) in [5, 5.41) is 11.5. The molecule has 0 bridgehead atoms. The van der Waals surface area contributed by atoms with Crippen molar-refractivity contribution in [1.29, 1.82) is 0 Å². The van der Waals surface area contributed by atoms with E-state index in [4.69, 9.17) is 5.11 Å². The number of hydrogen-bond acceptors (Lipinski definition) is 3. The summed E-state index contributed by atoms with van der Waals surface area (Å²) in [4.78, 5) is 23.3. The number of carboxylic acid groups (broad SMARTS) is 1. The minimum absolute atomic E-state index is 0.120. The molecule has 5 nitrogen and oxygen atoms in total. The lowest BCUT2D eigenvalue weighted by molar-refractivity contribution is -0.133. The summed E-state index contributed by atoms with van der Waals surface area (Å²) in [5.74, 6) is -1.33. The first-order valence-corrected chi connectivity index (χ1v) is 4.53. The summed E-state index contributed by atoms with van der Waals surface area (Å²) >= 11 is 0. The van der Waals surface area contributed by atoms with Crippen molar-refractivity contribution in [3.63, 3.8) is 0 Å². The number of rotatable bonds is 2. The minimum Gasteiger partial charge on any atom is -0.478 e. The van der Waals surface area contributed by atoms with Gasteiger partial charge >= 0.3 is 5.97 Å². The van der Waals surface area contributed by atoms with E-state index < -0.39 is 5.97 Å². The second-order valence-corrected chi connectivity index (χ2v) is 3.26. The lowest BCUT2D eigenvalue weighted by Gasteiger charge is -2.33. The number of carboxylic acids is 1. The SMILES string of the molecule is C[C@@H]1CNCCN1C(=O)/C=C/C(=O)O. The van der Waals surface area contributed by atoms with Crippen LogP contribution < -0.4 is 5.32 Å². The molecule has 2 N–H and O–H groups in total. The smallest absolute Gasteiger partial charge is 0.328 e. The van der Waals surface area contributed by atoms with Gasteiger partial charge in [0.25, 0.3) is 0 Å². The van der Waals surface area contributed by atoms with Gasteiger partial charge in [-0.25, -0.2) is 4.79 Å². The Balaban J connectivity index is 2.54. The molecule has 78 valence electrons. The molecule has 0 saturated carbocycles. The third kappa shape index (κ3) is 2.85. The maximum absolute atomic E-state index is 11.5. The number of carbonyl (C=O) groups is 2. The first kappa shape index (κ1) is 10.7. The van der Waals surface area contributed by atoms with Crippen LogP contribution in [0.2, 0.25) is 0 Å². The molecule has 0 unspecified atom stereocenters. The van der Waals surface area contributed by atoms with E-state index in [-0.39, 0.29) is 11.9 Å². The van der Waals surface area contributed by atoms with E-state index in [1.54, 1.807) is 4.90 Å². The Hall–Kier alpha value is -1.36. The van der Waals surface area contributed by atoms with Gasteiger partial charge in [-0.3, -0.25) is 4.79 Å². The topological polar surface area (TPSA) is 69.6 Å². The Kier molecular flexibility index (Phi) is 3.64. The van der Waals surface area contributed by atoms with Gasteiger partial charge < -0.3 is 15.3 Å². The second kappa shape index (κ2) is 4.76. The average molecular weight is 198 g/mol. The van der Waals surface area contributed by atoms with E-state index in [9.17, 15) is 9.59 Å². The molecule has 0 aromatic carbocycles. The van der Waals surface area contributed by atoms with Crippen LogP contribution in [0.3, 0.4) is 0 Å². The highest BCUT2D eigenvalue weighted by Gasteiger charge is 2.20. The van der Waals surface area contributed by atoms with Crippen LogP contribution in [0.15, 0.2) is 12.2 Å². The molecule has 1 aliphatic heterocycles. The van der Waals surface area contributed by atoms with Crippen molar-refractivity contribution in [2.24, 2.45) is 0 Å². The monoisotopic (exact) mass is 198 g/mol. The van der Waals surface area contributed by atoms with Gasteiger partial charge in [-0.15, -0.1) is 0 Å². The van der Waals surface area contributed by atoms with Gasteiger partial charge in [-0.2, -0.15) is 0 Å². The van der Waals surface area contributed by atoms with Crippen LogP contribution in [0, 0.1) is 0 Å². The Morgan fingerprint density at radius 2 is 2.21 bits per heavy atom. The number of carbonyl (C=O) groups excluding carboxylic acids is 1. The minimum atomic E-state index is -1.10. The molecule has 1 fully saturated rings. The van der Waals surface area contributed by atoms with Crippen molar-refractivity contribution in [3.05, 3.63) is 12.2 Å². The number of piperazine rings is 1. The fourth-order valence-electron chi connectivity index (χ4n) is 1.41. The summed E-state index contributed by atoms with van der Waals surface area (Å²) in [6.45, 7) is 4.08. The number of aliphatic carboxylic acids is 1. The van der Waals surface area contributed by atoms with E-state index in [0.29, 0.717) is 6.54 Å². The molecule has 1 atom stereocenters. The Bertz CT molecular complexity index is 263. The maximum Gasteiger partial charge on any atom is 0.328 e. The fraction of sp³-hybridized carbons (Fsp3) is 0.556. The number of amides is 1. The van der Waals surface area contributed by atoms with E-state index in [1.165, 1.54) is 0 Å². The standard InChI is InChI=1S/C9H14N2O3/c1-7-6-10-4-5-11(7)8(12)2-3-9(13)14/h2-3,7,10H,4-6H2,1H3,(H,13,14)/b3-2+/t7-/m1/s1. The highest BCUT2D eigenvalue weighted by atomic mass is 16.4. The largest absolute Gasteiger partial charge is 0.478 e. The van der Waals surface area contributed by atoms with Gasteiger partial charge in [0, 0.05) is 37.8 Å². The van der Waals surface area contributed by atoms with Crippen molar-refractivity contribution in [2.45, 2.75) is 13.0 Å². The molecule has 0 spiro atoms. The predicted octanol–water partition coefficient (Wildman–Crippen LogP) is -0.552. The number of hydrogen-bond donors (Lipinski definition) is 2. The molecule has 0 aliphatic carbocycles. The average Bonchev–Trinajstić information content (AvgIpc) is 2.15. The highest BCUT2D eigenvalue weighted by molar-refractivity contribution is 5.94. The zero-order chi connectivity index (χ0) is 10.6. The lowest BCUT2D eigenvalue weighted by atomic mass is 10.2. The zero-order valence-electron chi connectivity index (χ0n) is 8.06. The first-order chi connectivity index (χ1) is 6.61. The van der Waals surface area contributed by atoms with Gasteiger partial charge in [-0.05, 0) is 6.92 Å². The van der Waals surface area contributed by atoms with Crippen LogP contribution in [0.1, 0.15) is 6.92 Å². The van der Waals surface area contributed by atoms with Gasteiger partial charge in [0.1, 0.15) is 0 Å². The molecular weight excluding hydrogens is 184 g/mol. The molecule has 0 aromatic heterocycles. The Morgan fingerprint density at radius 1 is 1.50 bits per heavy atom. The van der Waals surface area contributed by atoms with E-state index >= 15 is 0 Å². The number of nitrogens with zero attached hydrogens (tertiary/aromatic N) is 1. The van der Waals surface area contributed by atoms with Crippen LogP contribution in [-0.2, 0) is 9.59 Å². The Labute approximate surface area is 82.4 Å². The molecule has 1 heterocycles. The Morgan fingerprint density at radius 3 is 2.79 bits per heavy atom. The first-order valence-electron chi connectivity index (χ1n) is 4.53. The summed E-state index contributed by atoms with van der Waals surface area (Å²) in [7, 11) is 0. The van der Waals surface area contributed by atoms with Crippen LogP contribution in [0.25, 0.3) is 0 Å².